The van der Waals surface area contributed by atoms with E-state index >= 15 is 0 Å². The molecule has 3 rings (SSSR count). The Balaban J connectivity index is 2.30. The number of hydrogen-bond donors (Lipinski definition) is 1. The lowest BCUT2D eigenvalue weighted by atomic mass is 10.3. The first-order valence-electron chi connectivity index (χ1n) is 5.85. The highest BCUT2D eigenvalue weighted by Gasteiger charge is 2.15. The second-order valence-corrected chi connectivity index (χ2v) is 4.20. The number of benzene rings is 1. The first-order chi connectivity index (χ1) is 9.60. The highest BCUT2D eigenvalue weighted by Crippen LogP contribution is 2.28. The lowest BCUT2D eigenvalue weighted by Crippen LogP contribution is -2.02. The number of aryl methyl sites for hydroxylation is 1. The lowest BCUT2D eigenvalue weighted by molar-refractivity contribution is 0.408. The molecule has 0 fully saturated rings. The van der Waals surface area contributed by atoms with Gasteiger partial charge < -0.3 is 9.84 Å². The molecule has 0 saturated heterocycles. The molecule has 1 aromatic carbocycles. The number of ether oxygens (including phenoxy) is 1. The maximum absolute atomic E-state index is 13.2. The number of hydrogen-bond acceptors (Lipinski definition) is 5. The van der Waals surface area contributed by atoms with Crippen LogP contribution in [0.1, 0.15) is 5.82 Å². The van der Waals surface area contributed by atoms with Crippen molar-refractivity contribution in [3.8, 4) is 17.3 Å². The summed E-state index contributed by atoms with van der Waals surface area (Å²) in [6.45, 7) is 1.67. The van der Waals surface area contributed by atoms with Crippen molar-refractivity contribution < 1.29 is 14.2 Å². The van der Waals surface area contributed by atoms with Gasteiger partial charge in [0.25, 0.3) is 0 Å². The zero-order valence-corrected chi connectivity index (χ0v) is 10.8. The van der Waals surface area contributed by atoms with E-state index < -0.39 is 5.82 Å². The van der Waals surface area contributed by atoms with Crippen LogP contribution < -0.4 is 4.74 Å². The van der Waals surface area contributed by atoms with Crippen LogP contribution in [0.15, 0.2) is 24.4 Å². The van der Waals surface area contributed by atoms with Gasteiger partial charge in [0.15, 0.2) is 5.65 Å². The van der Waals surface area contributed by atoms with Gasteiger partial charge in [-0.05, 0) is 19.1 Å². The molecule has 3 aromatic rings. The molecule has 0 unspecified atom stereocenters. The van der Waals surface area contributed by atoms with E-state index in [1.54, 1.807) is 6.92 Å². The van der Waals surface area contributed by atoms with Gasteiger partial charge in [0, 0.05) is 6.07 Å². The molecule has 102 valence electrons. The van der Waals surface area contributed by atoms with E-state index in [2.05, 4.69) is 15.1 Å². The first-order valence-corrected chi connectivity index (χ1v) is 5.85. The molecule has 20 heavy (non-hydrogen) atoms. The highest BCUT2D eigenvalue weighted by atomic mass is 19.1. The lowest BCUT2D eigenvalue weighted by Gasteiger charge is -2.09. The van der Waals surface area contributed by atoms with E-state index in [0.29, 0.717) is 28.3 Å². The van der Waals surface area contributed by atoms with Gasteiger partial charge >= 0.3 is 0 Å². The topological polar surface area (TPSA) is 73.1 Å². The number of halogens is 1. The van der Waals surface area contributed by atoms with Gasteiger partial charge in [0.1, 0.15) is 28.5 Å². The molecule has 0 aliphatic heterocycles. The molecule has 0 bridgehead atoms. The fraction of sp³-hybridized carbons (Fsp3) is 0.154. The zero-order chi connectivity index (χ0) is 14.3. The quantitative estimate of drug-likeness (QED) is 0.773. The van der Waals surface area contributed by atoms with Gasteiger partial charge in [-0.1, -0.05) is 0 Å². The summed E-state index contributed by atoms with van der Waals surface area (Å²) >= 11 is 0. The van der Waals surface area contributed by atoms with Crippen LogP contribution in [0.5, 0.6) is 11.6 Å². The maximum Gasteiger partial charge on any atom is 0.225 e. The summed E-state index contributed by atoms with van der Waals surface area (Å²) < 4.78 is 19.9. The minimum absolute atomic E-state index is 0.139. The number of fused-ring (bicyclic) bond motifs is 1. The Morgan fingerprint density at radius 3 is 2.85 bits per heavy atom. The summed E-state index contributed by atoms with van der Waals surface area (Å²) in [5.41, 5.74) is 0.960. The second-order valence-electron chi connectivity index (χ2n) is 4.20. The smallest absolute Gasteiger partial charge is 0.225 e. The summed E-state index contributed by atoms with van der Waals surface area (Å²) in [4.78, 5) is 8.12. The van der Waals surface area contributed by atoms with Crippen LogP contribution in [0.3, 0.4) is 0 Å². The predicted octanol–water partition coefficient (Wildman–Crippen LogP) is 1.98. The van der Waals surface area contributed by atoms with Crippen molar-refractivity contribution in [2.24, 2.45) is 0 Å². The van der Waals surface area contributed by atoms with Crippen LogP contribution in [-0.2, 0) is 0 Å². The summed E-state index contributed by atoms with van der Waals surface area (Å²) in [6.07, 6.45) is 1.45. The molecule has 2 aromatic heterocycles. The minimum Gasteiger partial charge on any atom is -0.494 e. The maximum atomic E-state index is 13.2. The summed E-state index contributed by atoms with van der Waals surface area (Å²) in [6, 6.07) is 4.10. The molecule has 0 aliphatic rings. The average Bonchev–Trinajstić information content (AvgIpc) is 2.82. The van der Waals surface area contributed by atoms with Crippen LogP contribution >= 0.6 is 0 Å². The fourth-order valence-corrected chi connectivity index (χ4v) is 2.00. The van der Waals surface area contributed by atoms with E-state index in [-0.39, 0.29) is 5.88 Å². The molecule has 0 atom stereocenters. The number of nitrogens with zero attached hydrogens (tertiary/aromatic N) is 4. The molecule has 2 heterocycles. The summed E-state index contributed by atoms with van der Waals surface area (Å²) in [5, 5.41) is 14.4. The van der Waals surface area contributed by atoms with Crippen molar-refractivity contribution in [3.05, 3.63) is 36.0 Å². The van der Waals surface area contributed by atoms with Crippen molar-refractivity contribution in [2.45, 2.75) is 6.92 Å². The van der Waals surface area contributed by atoms with Gasteiger partial charge in [-0.2, -0.15) is 10.1 Å². The largest absolute Gasteiger partial charge is 0.494 e. The van der Waals surface area contributed by atoms with Gasteiger partial charge in [0.05, 0.1) is 13.3 Å². The van der Waals surface area contributed by atoms with E-state index in [4.69, 9.17) is 4.74 Å². The number of aromatic nitrogens is 4. The standard InChI is InChI=1S/C13H11FN4O2/c1-7-16-12-9(13(19)17-7)6-15-18(12)10-4-3-8(14)5-11(10)20-2/h3-6H,1-2H3,(H,16,17,19). The number of methoxy groups -OCH3 is 1. The molecule has 6 nitrogen and oxygen atoms in total. The monoisotopic (exact) mass is 274 g/mol. The first kappa shape index (κ1) is 12.3. The number of aromatic hydroxyl groups is 1. The van der Waals surface area contributed by atoms with Crippen molar-refractivity contribution in [1.82, 2.24) is 19.7 Å². The highest BCUT2D eigenvalue weighted by molar-refractivity contribution is 5.81. The Morgan fingerprint density at radius 1 is 1.30 bits per heavy atom. The molecule has 0 saturated carbocycles. The van der Waals surface area contributed by atoms with Crippen molar-refractivity contribution in [3.63, 3.8) is 0 Å². The van der Waals surface area contributed by atoms with Crippen LogP contribution in [0.2, 0.25) is 0 Å². The van der Waals surface area contributed by atoms with Crippen molar-refractivity contribution >= 4 is 11.0 Å². The van der Waals surface area contributed by atoms with Crippen LogP contribution in [0.4, 0.5) is 4.39 Å². The molecule has 0 radical (unpaired) electrons. The molecule has 7 heteroatoms. The van der Waals surface area contributed by atoms with Gasteiger partial charge in [-0.3, -0.25) is 0 Å². The Labute approximate surface area is 113 Å². The third-order valence-corrected chi connectivity index (χ3v) is 2.89. The summed E-state index contributed by atoms with van der Waals surface area (Å²) in [5.74, 6) is 0.194. The second kappa shape index (κ2) is 4.44. The van der Waals surface area contributed by atoms with Crippen LogP contribution in [-0.4, -0.2) is 32.0 Å². The third-order valence-electron chi connectivity index (χ3n) is 2.89. The summed E-state index contributed by atoms with van der Waals surface area (Å²) in [7, 11) is 1.45. The predicted molar refractivity (Wildman–Crippen MR) is 69.6 cm³/mol. The third kappa shape index (κ3) is 1.83. The molecule has 0 aliphatic carbocycles. The Hall–Kier alpha value is -2.70. The van der Waals surface area contributed by atoms with Crippen LogP contribution in [0.25, 0.3) is 16.7 Å². The van der Waals surface area contributed by atoms with Crippen molar-refractivity contribution in [1.29, 1.82) is 0 Å². The molecular formula is C13H11FN4O2. The Morgan fingerprint density at radius 2 is 2.10 bits per heavy atom. The molecular weight excluding hydrogens is 263 g/mol. The van der Waals surface area contributed by atoms with Gasteiger partial charge in [-0.25, -0.2) is 14.1 Å². The van der Waals surface area contributed by atoms with Gasteiger partial charge in [0.2, 0.25) is 5.88 Å². The van der Waals surface area contributed by atoms with Gasteiger partial charge in [-0.15, -0.1) is 0 Å². The normalized spacial score (nSPS) is 10.9. The van der Waals surface area contributed by atoms with Crippen LogP contribution in [0, 0.1) is 12.7 Å². The van der Waals surface area contributed by atoms with E-state index in [9.17, 15) is 9.50 Å². The van der Waals surface area contributed by atoms with E-state index in [0.717, 1.165) is 0 Å². The van der Waals surface area contributed by atoms with E-state index in [1.807, 2.05) is 0 Å². The van der Waals surface area contributed by atoms with E-state index in [1.165, 1.54) is 36.2 Å². The molecule has 0 spiro atoms. The van der Waals surface area contributed by atoms with Crippen molar-refractivity contribution in [2.75, 3.05) is 7.11 Å². The Kier molecular flexibility index (Phi) is 2.74. The SMILES string of the molecule is COc1cc(F)ccc1-n1ncc2c(O)nc(C)nc21. The fourth-order valence-electron chi connectivity index (χ4n) is 2.00. The molecule has 0 amide bonds. The Bertz CT molecular complexity index is 800. The minimum atomic E-state index is -0.407. The molecule has 1 N–H and O–H groups in total. The average molecular weight is 274 g/mol. The number of rotatable bonds is 2. The zero-order valence-electron chi connectivity index (χ0n) is 10.8.